The molecule has 2 aromatic rings. The van der Waals surface area contributed by atoms with E-state index >= 15 is 0 Å². The molecular formula is C18H20Cl2N2O3. The number of benzene rings is 2. The van der Waals surface area contributed by atoms with Gasteiger partial charge in [-0.3, -0.25) is 4.79 Å². The number of carbonyl (C=O) groups is 1. The summed E-state index contributed by atoms with van der Waals surface area (Å²) >= 11 is 6.21. The van der Waals surface area contributed by atoms with Crippen LogP contribution in [0.5, 0.6) is 11.5 Å². The van der Waals surface area contributed by atoms with E-state index in [0.29, 0.717) is 54.8 Å². The minimum Gasteiger partial charge on any atom is -0.486 e. The Morgan fingerprint density at radius 3 is 2.60 bits per heavy atom. The molecule has 1 heterocycles. The Kier molecular flexibility index (Phi) is 6.79. The summed E-state index contributed by atoms with van der Waals surface area (Å²) in [6.45, 7) is 1.56. The quantitative estimate of drug-likeness (QED) is 0.779. The first-order valence-corrected chi connectivity index (χ1v) is 8.19. The number of ether oxygens (including phenoxy) is 2. The molecule has 3 rings (SSSR count). The van der Waals surface area contributed by atoms with Crippen LogP contribution in [0.2, 0.25) is 5.02 Å². The van der Waals surface area contributed by atoms with Gasteiger partial charge in [-0.25, -0.2) is 0 Å². The maximum absolute atomic E-state index is 12.0. The lowest BCUT2D eigenvalue weighted by Crippen LogP contribution is -2.27. The van der Waals surface area contributed by atoms with Crippen molar-refractivity contribution in [3.63, 3.8) is 0 Å². The van der Waals surface area contributed by atoms with Crippen molar-refractivity contribution in [1.29, 1.82) is 0 Å². The molecule has 0 atom stereocenters. The van der Waals surface area contributed by atoms with E-state index in [1.165, 1.54) is 0 Å². The maximum Gasteiger partial charge on any atom is 0.224 e. The molecule has 2 aromatic carbocycles. The van der Waals surface area contributed by atoms with Crippen LogP contribution in [0, 0.1) is 0 Å². The Morgan fingerprint density at radius 1 is 1.12 bits per heavy atom. The monoisotopic (exact) mass is 382 g/mol. The molecule has 0 bridgehead atoms. The second-order valence-corrected chi connectivity index (χ2v) is 6.03. The standard InChI is InChI=1S/C18H19ClN2O3.ClH/c19-15-9-13(10-16-18(15)24-8-7-23-16)5-6-21-17(22)11-12-1-3-14(20)4-2-12;/h1-4,9-10H,5-8,11,20H2,(H,21,22);1H. The van der Waals surface area contributed by atoms with E-state index in [4.69, 9.17) is 26.8 Å². The number of hydrogen-bond donors (Lipinski definition) is 2. The number of hydrogen-bond acceptors (Lipinski definition) is 4. The Morgan fingerprint density at radius 2 is 1.84 bits per heavy atom. The van der Waals surface area contributed by atoms with Gasteiger partial charge in [0.05, 0.1) is 11.4 Å². The van der Waals surface area contributed by atoms with Crippen molar-refractivity contribution in [3.05, 3.63) is 52.5 Å². The third kappa shape index (κ3) is 5.18. The minimum atomic E-state index is -0.0246. The molecule has 0 aromatic heterocycles. The van der Waals surface area contributed by atoms with E-state index in [1.54, 1.807) is 12.1 Å². The lowest BCUT2D eigenvalue weighted by Gasteiger charge is -2.20. The van der Waals surface area contributed by atoms with Crippen molar-refractivity contribution in [3.8, 4) is 11.5 Å². The summed E-state index contributed by atoms with van der Waals surface area (Å²) in [5.41, 5.74) is 8.25. The molecule has 0 unspecified atom stereocenters. The lowest BCUT2D eigenvalue weighted by atomic mass is 10.1. The molecule has 0 saturated carbocycles. The summed E-state index contributed by atoms with van der Waals surface area (Å²) in [5.74, 6) is 1.24. The van der Waals surface area contributed by atoms with Crippen LogP contribution in [-0.2, 0) is 17.6 Å². The zero-order valence-electron chi connectivity index (χ0n) is 13.6. The Bertz CT molecular complexity index is 736. The maximum atomic E-state index is 12.0. The summed E-state index contributed by atoms with van der Waals surface area (Å²) in [6, 6.07) is 11.1. The van der Waals surface area contributed by atoms with Crippen molar-refractivity contribution in [2.45, 2.75) is 12.8 Å². The highest BCUT2D eigenvalue weighted by molar-refractivity contribution is 6.32. The first-order valence-electron chi connectivity index (χ1n) is 7.81. The fraction of sp³-hybridized carbons (Fsp3) is 0.278. The van der Waals surface area contributed by atoms with E-state index in [0.717, 1.165) is 11.1 Å². The highest BCUT2D eigenvalue weighted by atomic mass is 35.5. The molecular weight excluding hydrogens is 363 g/mol. The molecule has 134 valence electrons. The first kappa shape index (κ1) is 19.2. The summed E-state index contributed by atoms with van der Waals surface area (Å²) in [4.78, 5) is 12.0. The predicted molar refractivity (Wildman–Crippen MR) is 101 cm³/mol. The van der Waals surface area contributed by atoms with Gasteiger partial charge in [-0.15, -0.1) is 12.4 Å². The van der Waals surface area contributed by atoms with Crippen molar-refractivity contribution >= 4 is 35.6 Å². The summed E-state index contributed by atoms with van der Waals surface area (Å²) in [5, 5.41) is 3.45. The van der Waals surface area contributed by atoms with Crippen molar-refractivity contribution < 1.29 is 14.3 Å². The van der Waals surface area contributed by atoms with Gasteiger partial charge in [0.2, 0.25) is 5.91 Å². The van der Waals surface area contributed by atoms with Gasteiger partial charge in [0.15, 0.2) is 11.5 Å². The average Bonchev–Trinajstić information content (AvgIpc) is 2.57. The molecule has 0 spiro atoms. The van der Waals surface area contributed by atoms with Crippen LogP contribution < -0.4 is 20.5 Å². The van der Waals surface area contributed by atoms with Crippen molar-refractivity contribution in [2.24, 2.45) is 0 Å². The number of halogens is 2. The van der Waals surface area contributed by atoms with Gasteiger partial charge in [-0.1, -0.05) is 23.7 Å². The largest absolute Gasteiger partial charge is 0.486 e. The van der Waals surface area contributed by atoms with Crippen LogP contribution in [0.25, 0.3) is 0 Å². The molecule has 0 saturated heterocycles. The molecule has 0 radical (unpaired) electrons. The van der Waals surface area contributed by atoms with Gasteiger partial charge in [0.25, 0.3) is 0 Å². The van der Waals surface area contributed by atoms with Gasteiger partial charge in [-0.2, -0.15) is 0 Å². The topological polar surface area (TPSA) is 73.6 Å². The number of nitrogens with two attached hydrogens (primary N) is 1. The minimum absolute atomic E-state index is 0. The van der Waals surface area contributed by atoms with E-state index in [1.807, 2.05) is 24.3 Å². The Hall–Kier alpha value is -2.11. The molecule has 25 heavy (non-hydrogen) atoms. The van der Waals surface area contributed by atoms with Crippen molar-refractivity contribution in [1.82, 2.24) is 5.32 Å². The van der Waals surface area contributed by atoms with E-state index in [9.17, 15) is 4.79 Å². The highest BCUT2D eigenvalue weighted by Gasteiger charge is 2.16. The summed E-state index contributed by atoms with van der Waals surface area (Å²) in [7, 11) is 0. The first-order chi connectivity index (χ1) is 11.6. The third-order valence-electron chi connectivity index (χ3n) is 3.74. The molecule has 1 aliphatic heterocycles. The van der Waals surface area contributed by atoms with E-state index in [-0.39, 0.29) is 18.3 Å². The normalized spacial score (nSPS) is 12.2. The molecule has 7 heteroatoms. The van der Waals surface area contributed by atoms with Gasteiger partial charge >= 0.3 is 0 Å². The van der Waals surface area contributed by atoms with E-state index in [2.05, 4.69) is 5.32 Å². The Balaban J connectivity index is 0.00000225. The average molecular weight is 383 g/mol. The number of fused-ring (bicyclic) bond motifs is 1. The summed E-state index contributed by atoms with van der Waals surface area (Å²) in [6.07, 6.45) is 1.01. The number of nitrogen functional groups attached to an aromatic ring is 1. The molecule has 1 amide bonds. The fourth-order valence-electron chi connectivity index (χ4n) is 2.54. The smallest absolute Gasteiger partial charge is 0.224 e. The van der Waals surface area contributed by atoms with Crippen LogP contribution in [0.4, 0.5) is 5.69 Å². The number of nitrogens with one attached hydrogen (secondary N) is 1. The van der Waals surface area contributed by atoms with Crippen molar-refractivity contribution in [2.75, 3.05) is 25.5 Å². The molecule has 0 aliphatic carbocycles. The zero-order chi connectivity index (χ0) is 16.9. The van der Waals surface area contributed by atoms with Crippen LogP contribution in [-0.4, -0.2) is 25.7 Å². The third-order valence-corrected chi connectivity index (χ3v) is 4.02. The second kappa shape index (κ2) is 8.83. The molecule has 3 N–H and O–H groups in total. The van der Waals surface area contributed by atoms with Gasteiger partial charge < -0.3 is 20.5 Å². The number of carbonyl (C=O) groups excluding carboxylic acids is 1. The van der Waals surface area contributed by atoms with Gasteiger partial charge in [0, 0.05) is 12.2 Å². The molecule has 5 nitrogen and oxygen atoms in total. The predicted octanol–water partition coefficient (Wildman–Crippen LogP) is 3.02. The zero-order valence-corrected chi connectivity index (χ0v) is 15.2. The molecule has 1 aliphatic rings. The number of rotatable bonds is 5. The second-order valence-electron chi connectivity index (χ2n) is 5.62. The lowest BCUT2D eigenvalue weighted by molar-refractivity contribution is -0.120. The van der Waals surface area contributed by atoms with Crippen LogP contribution in [0.3, 0.4) is 0 Å². The molecule has 0 fully saturated rings. The van der Waals surface area contributed by atoms with Crippen LogP contribution in [0.1, 0.15) is 11.1 Å². The SMILES string of the molecule is Cl.Nc1ccc(CC(=O)NCCc2cc(Cl)c3c(c2)OCCO3)cc1. The number of amides is 1. The van der Waals surface area contributed by atoms with Gasteiger partial charge in [-0.05, 0) is 41.8 Å². The van der Waals surface area contributed by atoms with Gasteiger partial charge in [0.1, 0.15) is 13.2 Å². The highest BCUT2D eigenvalue weighted by Crippen LogP contribution is 2.38. The van der Waals surface area contributed by atoms with Crippen LogP contribution in [0.15, 0.2) is 36.4 Å². The Labute approximate surface area is 157 Å². The number of anilines is 1. The summed E-state index contributed by atoms with van der Waals surface area (Å²) < 4.78 is 11.0. The van der Waals surface area contributed by atoms with Crippen LogP contribution >= 0.6 is 24.0 Å². The van der Waals surface area contributed by atoms with E-state index < -0.39 is 0 Å². The fourth-order valence-corrected chi connectivity index (χ4v) is 2.83.